The van der Waals surface area contributed by atoms with Crippen LogP contribution in [0.25, 0.3) is 0 Å². The zero-order valence-corrected chi connectivity index (χ0v) is 15.8. The molecule has 4 rings (SSSR count). The van der Waals surface area contributed by atoms with Crippen LogP contribution < -0.4 is 4.90 Å². The molecule has 3 aliphatic heterocycles. The zero-order valence-electron chi connectivity index (χ0n) is 15.8. The second kappa shape index (κ2) is 6.07. The normalized spacial score (nSPS) is 24.5. The fourth-order valence-corrected chi connectivity index (χ4v) is 3.80. The summed E-state index contributed by atoms with van der Waals surface area (Å²) in [4.78, 5) is 37.0. The molecular formula is C19H22FN5O2. The molecule has 0 N–H and O–H groups in total. The molecule has 2 atom stereocenters. The number of amides is 3. The standard InChI is InChI=1S/C19H22FN5O2/c1-11(2)9-24-17(26)15-16(22(4)19(24)27)21-18-23(15)10-12(3)25(18)14-7-5-13(20)6-8-14/h5-8,10-11,15-16H,9H2,1-4H3. The first kappa shape index (κ1) is 17.5. The maximum Gasteiger partial charge on any atom is 0.328 e. The maximum atomic E-state index is 13.3. The monoisotopic (exact) mass is 371 g/mol. The third-order valence-corrected chi connectivity index (χ3v) is 5.02. The highest BCUT2D eigenvalue weighted by molar-refractivity contribution is 6.09. The molecule has 0 aliphatic carbocycles. The number of allylic oxidation sites excluding steroid dienone is 1. The average Bonchev–Trinajstić information content (AvgIpc) is 3.12. The van der Waals surface area contributed by atoms with E-state index in [1.165, 1.54) is 21.9 Å². The van der Waals surface area contributed by atoms with Crippen LogP contribution in [0.1, 0.15) is 20.8 Å². The third kappa shape index (κ3) is 2.58. The topological polar surface area (TPSA) is 59.5 Å². The van der Waals surface area contributed by atoms with E-state index in [9.17, 15) is 14.0 Å². The Morgan fingerprint density at radius 2 is 1.85 bits per heavy atom. The van der Waals surface area contributed by atoms with E-state index in [1.54, 1.807) is 19.2 Å². The number of carbonyl (C=O) groups is 2. The third-order valence-electron chi connectivity index (χ3n) is 5.02. The van der Waals surface area contributed by atoms with Crippen molar-refractivity contribution in [3.8, 4) is 0 Å². The molecule has 0 bridgehead atoms. The summed E-state index contributed by atoms with van der Waals surface area (Å²) in [6.07, 6.45) is 1.29. The molecule has 142 valence electrons. The van der Waals surface area contributed by atoms with Crippen molar-refractivity contribution in [1.29, 1.82) is 0 Å². The highest BCUT2D eigenvalue weighted by Gasteiger charge is 2.54. The summed E-state index contributed by atoms with van der Waals surface area (Å²) in [5.41, 5.74) is 1.63. The van der Waals surface area contributed by atoms with Gasteiger partial charge in [-0.05, 0) is 37.1 Å². The number of fused-ring (bicyclic) bond motifs is 3. The number of nitrogens with zero attached hydrogens (tertiary/aromatic N) is 5. The lowest BCUT2D eigenvalue weighted by atomic mass is 10.1. The van der Waals surface area contributed by atoms with Gasteiger partial charge in [-0.3, -0.25) is 14.6 Å². The van der Waals surface area contributed by atoms with Crippen LogP contribution in [0.4, 0.5) is 14.9 Å². The maximum absolute atomic E-state index is 13.3. The lowest BCUT2D eigenvalue weighted by Crippen LogP contribution is -2.64. The van der Waals surface area contributed by atoms with E-state index in [0.29, 0.717) is 12.5 Å². The van der Waals surface area contributed by atoms with E-state index >= 15 is 0 Å². The molecule has 1 saturated heterocycles. The van der Waals surface area contributed by atoms with Crippen molar-refractivity contribution in [1.82, 2.24) is 14.7 Å². The molecule has 1 aromatic carbocycles. The Labute approximate surface area is 157 Å². The predicted octanol–water partition coefficient (Wildman–Crippen LogP) is 2.42. The number of benzene rings is 1. The van der Waals surface area contributed by atoms with Crippen molar-refractivity contribution in [3.63, 3.8) is 0 Å². The van der Waals surface area contributed by atoms with Crippen LogP contribution in [-0.4, -0.2) is 58.4 Å². The van der Waals surface area contributed by atoms with E-state index in [-0.39, 0.29) is 23.7 Å². The van der Waals surface area contributed by atoms with E-state index in [4.69, 9.17) is 0 Å². The number of halogens is 1. The molecule has 0 aromatic heterocycles. The van der Waals surface area contributed by atoms with Crippen LogP contribution in [0, 0.1) is 11.7 Å². The number of hydrogen-bond acceptors (Lipinski definition) is 5. The first-order chi connectivity index (χ1) is 12.8. The largest absolute Gasteiger partial charge is 0.328 e. The first-order valence-corrected chi connectivity index (χ1v) is 8.98. The van der Waals surface area contributed by atoms with Crippen molar-refractivity contribution in [2.75, 3.05) is 18.5 Å². The lowest BCUT2D eigenvalue weighted by molar-refractivity contribution is -0.137. The van der Waals surface area contributed by atoms with Gasteiger partial charge < -0.3 is 9.80 Å². The van der Waals surface area contributed by atoms with Gasteiger partial charge >= 0.3 is 6.03 Å². The number of rotatable bonds is 3. The SMILES string of the molecule is CC1=CN2C(=NC3C2C(=O)N(CC(C)C)C(=O)N3C)N1c1ccc(F)cc1. The minimum Gasteiger partial charge on any atom is -0.302 e. The van der Waals surface area contributed by atoms with Gasteiger partial charge in [0.25, 0.3) is 5.91 Å². The van der Waals surface area contributed by atoms with Crippen LogP contribution in [0.2, 0.25) is 0 Å². The fourth-order valence-electron chi connectivity index (χ4n) is 3.80. The van der Waals surface area contributed by atoms with Crippen LogP contribution in [-0.2, 0) is 4.79 Å². The summed E-state index contributed by atoms with van der Waals surface area (Å²) in [5.74, 6) is 0.202. The van der Waals surface area contributed by atoms with E-state index in [0.717, 1.165) is 11.4 Å². The number of urea groups is 1. The molecular weight excluding hydrogens is 349 g/mol. The van der Waals surface area contributed by atoms with E-state index in [1.807, 2.05) is 36.8 Å². The number of likely N-dealkylation sites (N-methyl/N-ethyl adjacent to an activating group) is 1. The quantitative estimate of drug-likeness (QED) is 0.819. The van der Waals surface area contributed by atoms with Gasteiger partial charge in [0.05, 0.1) is 0 Å². The van der Waals surface area contributed by atoms with Crippen LogP contribution in [0.15, 0.2) is 41.2 Å². The summed E-state index contributed by atoms with van der Waals surface area (Å²) < 4.78 is 13.3. The second-order valence-electron chi connectivity index (χ2n) is 7.51. The molecule has 3 aliphatic rings. The first-order valence-electron chi connectivity index (χ1n) is 8.98. The number of aliphatic imine (C=N–C) groups is 1. The van der Waals surface area contributed by atoms with Gasteiger partial charge in [-0.15, -0.1) is 0 Å². The van der Waals surface area contributed by atoms with Crippen molar-refractivity contribution >= 4 is 23.6 Å². The molecule has 3 amide bonds. The van der Waals surface area contributed by atoms with Crippen LogP contribution in [0.5, 0.6) is 0 Å². The minimum atomic E-state index is -0.582. The number of carbonyl (C=O) groups excluding carboxylic acids is 2. The summed E-state index contributed by atoms with van der Waals surface area (Å²) in [6, 6.07) is 5.21. The molecule has 0 saturated carbocycles. The fraction of sp³-hybridized carbons (Fsp3) is 0.421. The minimum absolute atomic E-state index is 0.177. The molecule has 2 unspecified atom stereocenters. The summed E-state index contributed by atoms with van der Waals surface area (Å²) >= 11 is 0. The Morgan fingerprint density at radius 1 is 1.19 bits per heavy atom. The number of anilines is 1. The summed E-state index contributed by atoms with van der Waals surface area (Å²) in [5, 5.41) is 0. The molecule has 7 nitrogen and oxygen atoms in total. The van der Waals surface area contributed by atoms with Gasteiger partial charge in [0.1, 0.15) is 5.82 Å². The smallest absolute Gasteiger partial charge is 0.302 e. The Balaban J connectivity index is 1.70. The zero-order chi connectivity index (χ0) is 19.5. The van der Waals surface area contributed by atoms with Crippen molar-refractivity contribution in [3.05, 3.63) is 42.0 Å². The van der Waals surface area contributed by atoms with Crippen molar-refractivity contribution in [2.24, 2.45) is 10.9 Å². The van der Waals surface area contributed by atoms with Crippen molar-refractivity contribution < 1.29 is 14.0 Å². The average molecular weight is 371 g/mol. The number of imide groups is 1. The number of hydrogen-bond donors (Lipinski definition) is 0. The van der Waals surface area contributed by atoms with Crippen LogP contribution >= 0.6 is 0 Å². The molecule has 27 heavy (non-hydrogen) atoms. The highest BCUT2D eigenvalue weighted by atomic mass is 19.1. The Bertz CT molecular complexity index is 863. The summed E-state index contributed by atoms with van der Waals surface area (Å²) in [6.45, 7) is 6.23. The molecule has 0 spiro atoms. The van der Waals surface area contributed by atoms with Gasteiger partial charge in [-0.1, -0.05) is 13.8 Å². The molecule has 1 fully saturated rings. The Kier molecular flexibility index (Phi) is 3.94. The Hall–Kier alpha value is -2.90. The van der Waals surface area contributed by atoms with Gasteiger partial charge in [-0.2, -0.15) is 0 Å². The van der Waals surface area contributed by atoms with Crippen molar-refractivity contribution in [2.45, 2.75) is 33.0 Å². The second-order valence-corrected chi connectivity index (χ2v) is 7.51. The highest BCUT2D eigenvalue weighted by Crippen LogP contribution is 2.36. The van der Waals surface area contributed by atoms with E-state index in [2.05, 4.69) is 4.99 Å². The summed E-state index contributed by atoms with van der Waals surface area (Å²) in [7, 11) is 1.67. The molecule has 3 heterocycles. The molecule has 8 heteroatoms. The van der Waals surface area contributed by atoms with Gasteiger partial charge in [0.15, 0.2) is 12.2 Å². The lowest BCUT2D eigenvalue weighted by Gasteiger charge is -2.40. The van der Waals surface area contributed by atoms with Gasteiger partial charge in [0, 0.05) is 31.2 Å². The Morgan fingerprint density at radius 3 is 2.48 bits per heavy atom. The van der Waals surface area contributed by atoms with E-state index < -0.39 is 12.2 Å². The predicted molar refractivity (Wildman–Crippen MR) is 99.2 cm³/mol. The molecule has 1 aromatic rings. The molecule has 0 radical (unpaired) electrons. The van der Waals surface area contributed by atoms with Gasteiger partial charge in [0.2, 0.25) is 5.96 Å². The van der Waals surface area contributed by atoms with Gasteiger partial charge in [-0.25, -0.2) is 14.2 Å². The number of guanidine groups is 1. The van der Waals surface area contributed by atoms with Crippen LogP contribution in [0.3, 0.4) is 0 Å².